The van der Waals surface area contributed by atoms with Crippen LogP contribution in [-0.4, -0.2) is 17.5 Å². The van der Waals surface area contributed by atoms with Crippen LogP contribution in [0.4, 0.5) is 0 Å². The largest absolute Gasteiger partial charge is 0.327 e. The second kappa shape index (κ2) is 4.81. The van der Waals surface area contributed by atoms with Crippen LogP contribution in [0, 0.1) is 0 Å². The Morgan fingerprint density at radius 3 is 2.75 bits per heavy atom. The van der Waals surface area contributed by atoms with Crippen molar-refractivity contribution < 1.29 is 0 Å². The molecule has 1 heterocycles. The van der Waals surface area contributed by atoms with Gasteiger partial charge in [-0.3, -0.25) is 4.90 Å². The Labute approximate surface area is 97.8 Å². The maximum atomic E-state index is 5.46. The summed E-state index contributed by atoms with van der Waals surface area (Å²) in [5.41, 5.74) is 9.65. The summed E-state index contributed by atoms with van der Waals surface area (Å²) in [6.07, 6.45) is 4.09. The number of hydrogen-bond donors (Lipinski definition) is 1. The second-order valence-electron chi connectivity index (χ2n) is 4.66. The van der Waals surface area contributed by atoms with Crippen LogP contribution in [0.5, 0.6) is 0 Å². The molecule has 1 aromatic rings. The first-order valence-electron chi connectivity index (χ1n) is 5.93. The molecule has 86 valence electrons. The van der Waals surface area contributed by atoms with Crippen LogP contribution >= 0.6 is 0 Å². The average molecular weight is 216 g/mol. The molecule has 16 heavy (non-hydrogen) atoms. The third kappa shape index (κ3) is 2.34. The average Bonchev–Trinajstić information content (AvgIpc) is 2.69. The summed E-state index contributed by atoms with van der Waals surface area (Å²) in [6.45, 7) is 7.28. The maximum absolute atomic E-state index is 5.46. The van der Waals surface area contributed by atoms with E-state index in [0.29, 0.717) is 12.6 Å². The van der Waals surface area contributed by atoms with E-state index in [0.717, 1.165) is 13.1 Å². The summed E-state index contributed by atoms with van der Waals surface area (Å²) < 4.78 is 0. The Bertz CT molecular complexity index is 394. The van der Waals surface area contributed by atoms with Crippen molar-refractivity contribution in [2.24, 2.45) is 5.73 Å². The van der Waals surface area contributed by atoms with Crippen LogP contribution in [0.15, 0.2) is 24.3 Å². The van der Waals surface area contributed by atoms with Crippen molar-refractivity contribution >= 4 is 6.08 Å². The molecule has 2 heteroatoms. The van der Waals surface area contributed by atoms with Crippen molar-refractivity contribution in [2.75, 3.05) is 6.54 Å². The molecular weight excluding hydrogens is 196 g/mol. The van der Waals surface area contributed by atoms with Crippen LogP contribution in [0.1, 0.15) is 30.5 Å². The van der Waals surface area contributed by atoms with Crippen molar-refractivity contribution in [1.82, 2.24) is 4.90 Å². The molecule has 0 atom stereocenters. The number of benzene rings is 1. The van der Waals surface area contributed by atoms with Crippen LogP contribution in [0.25, 0.3) is 6.08 Å². The smallest absolute Gasteiger partial charge is 0.0243 e. The fourth-order valence-electron chi connectivity index (χ4n) is 2.11. The van der Waals surface area contributed by atoms with Gasteiger partial charge in [0.05, 0.1) is 0 Å². The van der Waals surface area contributed by atoms with Crippen molar-refractivity contribution in [3.63, 3.8) is 0 Å². The molecule has 2 rings (SSSR count). The summed E-state index contributed by atoms with van der Waals surface area (Å²) in [5.74, 6) is 0. The molecule has 0 aliphatic carbocycles. The minimum absolute atomic E-state index is 0.606. The lowest BCUT2D eigenvalue weighted by Crippen LogP contribution is -2.24. The van der Waals surface area contributed by atoms with Gasteiger partial charge < -0.3 is 5.73 Å². The molecule has 0 saturated carbocycles. The monoisotopic (exact) mass is 216 g/mol. The molecule has 0 spiro atoms. The Morgan fingerprint density at radius 2 is 2.06 bits per heavy atom. The number of nitrogens with two attached hydrogens (primary N) is 1. The standard InChI is InChI=1S/C14H20N2/c1-11(2)16-9-13-6-5-12(4-3-7-15)8-14(13)10-16/h3-6,8,11H,7,9-10,15H2,1-2H3/b4-3+. The molecule has 2 nitrogen and oxygen atoms in total. The summed E-state index contributed by atoms with van der Waals surface area (Å²) in [6, 6.07) is 7.32. The topological polar surface area (TPSA) is 29.3 Å². The maximum Gasteiger partial charge on any atom is 0.0243 e. The molecule has 0 aromatic heterocycles. The number of fused-ring (bicyclic) bond motifs is 1. The molecule has 0 fully saturated rings. The normalized spacial score (nSPS) is 16.2. The fourth-order valence-corrected chi connectivity index (χ4v) is 2.11. The number of nitrogens with zero attached hydrogens (tertiary/aromatic N) is 1. The summed E-state index contributed by atoms with van der Waals surface area (Å²) in [7, 11) is 0. The lowest BCUT2D eigenvalue weighted by Gasteiger charge is -2.18. The zero-order valence-electron chi connectivity index (χ0n) is 10.1. The molecule has 1 aliphatic rings. The van der Waals surface area contributed by atoms with Gasteiger partial charge in [-0.15, -0.1) is 0 Å². The van der Waals surface area contributed by atoms with Crippen LogP contribution in [0.3, 0.4) is 0 Å². The third-order valence-electron chi connectivity index (χ3n) is 3.15. The van der Waals surface area contributed by atoms with E-state index in [9.17, 15) is 0 Å². The van der Waals surface area contributed by atoms with Crippen molar-refractivity contribution in [3.05, 3.63) is 41.0 Å². The highest BCUT2D eigenvalue weighted by atomic mass is 15.2. The summed E-state index contributed by atoms with van der Waals surface area (Å²) in [5, 5.41) is 0. The zero-order chi connectivity index (χ0) is 11.5. The Morgan fingerprint density at radius 1 is 1.31 bits per heavy atom. The Balaban J connectivity index is 2.17. The highest BCUT2D eigenvalue weighted by molar-refractivity contribution is 5.52. The molecule has 2 N–H and O–H groups in total. The Kier molecular flexibility index (Phi) is 3.42. The van der Waals surface area contributed by atoms with Gasteiger partial charge >= 0.3 is 0 Å². The third-order valence-corrected chi connectivity index (χ3v) is 3.15. The minimum atomic E-state index is 0.606. The van der Waals surface area contributed by atoms with E-state index in [1.807, 2.05) is 6.08 Å². The predicted octanol–water partition coefficient (Wildman–Crippen LogP) is 2.38. The molecule has 0 bridgehead atoms. The van der Waals surface area contributed by atoms with Crippen molar-refractivity contribution in [3.8, 4) is 0 Å². The zero-order valence-corrected chi connectivity index (χ0v) is 10.1. The number of rotatable bonds is 3. The van der Waals surface area contributed by atoms with E-state index in [4.69, 9.17) is 5.73 Å². The van der Waals surface area contributed by atoms with Gasteiger partial charge in [0.25, 0.3) is 0 Å². The summed E-state index contributed by atoms with van der Waals surface area (Å²) >= 11 is 0. The molecule has 1 aromatic carbocycles. The SMILES string of the molecule is CC(C)N1Cc2ccc(/C=C/CN)cc2C1. The lowest BCUT2D eigenvalue weighted by atomic mass is 10.1. The Hall–Kier alpha value is -1.12. The molecule has 1 aliphatic heterocycles. The fraction of sp³-hybridized carbons (Fsp3) is 0.429. The first kappa shape index (κ1) is 11.4. The van der Waals surface area contributed by atoms with Gasteiger partial charge in [-0.05, 0) is 30.5 Å². The van der Waals surface area contributed by atoms with E-state index in [1.165, 1.54) is 16.7 Å². The van der Waals surface area contributed by atoms with Gasteiger partial charge in [0.15, 0.2) is 0 Å². The first-order valence-corrected chi connectivity index (χ1v) is 5.93. The van der Waals surface area contributed by atoms with Gasteiger partial charge in [0.1, 0.15) is 0 Å². The van der Waals surface area contributed by atoms with E-state index < -0.39 is 0 Å². The highest BCUT2D eigenvalue weighted by Gasteiger charge is 2.20. The summed E-state index contributed by atoms with van der Waals surface area (Å²) in [4.78, 5) is 2.49. The van der Waals surface area contributed by atoms with Crippen molar-refractivity contribution in [2.45, 2.75) is 33.0 Å². The van der Waals surface area contributed by atoms with Crippen LogP contribution in [-0.2, 0) is 13.1 Å². The second-order valence-corrected chi connectivity index (χ2v) is 4.66. The molecule has 0 unspecified atom stereocenters. The first-order chi connectivity index (χ1) is 7.70. The molecular formula is C14H20N2. The van der Waals surface area contributed by atoms with Crippen molar-refractivity contribution in [1.29, 1.82) is 0 Å². The quantitative estimate of drug-likeness (QED) is 0.840. The van der Waals surface area contributed by atoms with Gasteiger partial charge in [-0.1, -0.05) is 30.4 Å². The van der Waals surface area contributed by atoms with E-state index in [1.54, 1.807) is 0 Å². The molecule has 0 saturated heterocycles. The van der Waals surface area contributed by atoms with Gasteiger partial charge in [-0.2, -0.15) is 0 Å². The van der Waals surface area contributed by atoms with E-state index in [2.05, 4.69) is 43.0 Å². The van der Waals surface area contributed by atoms with Gasteiger partial charge in [0.2, 0.25) is 0 Å². The molecule has 0 radical (unpaired) electrons. The highest BCUT2D eigenvalue weighted by Crippen LogP contribution is 2.25. The lowest BCUT2D eigenvalue weighted by molar-refractivity contribution is 0.227. The van der Waals surface area contributed by atoms with E-state index >= 15 is 0 Å². The minimum Gasteiger partial charge on any atom is -0.327 e. The number of hydrogen-bond acceptors (Lipinski definition) is 2. The van der Waals surface area contributed by atoms with Crippen LogP contribution < -0.4 is 5.73 Å². The van der Waals surface area contributed by atoms with Gasteiger partial charge in [0, 0.05) is 25.7 Å². The van der Waals surface area contributed by atoms with Gasteiger partial charge in [-0.25, -0.2) is 0 Å². The van der Waals surface area contributed by atoms with Crippen LogP contribution in [0.2, 0.25) is 0 Å². The van der Waals surface area contributed by atoms with E-state index in [-0.39, 0.29) is 0 Å². The molecule has 0 amide bonds. The predicted molar refractivity (Wildman–Crippen MR) is 68.9 cm³/mol.